The minimum absolute atomic E-state index is 0.623. The SMILES string of the molecule is Cn1cc(CCNC2CCCCC2CCl)cn1. The van der Waals surface area contributed by atoms with E-state index in [1.165, 1.54) is 31.2 Å². The zero-order valence-corrected chi connectivity index (χ0v) is 11.3. The molecular formula is C13H22ClN3. The largest absolute Gasteiger partial charge is 0.313 e. The van der Waals surface area contributed by atoms with E-state index in [-0.39, 0.29) is 0 Å². The molecule has 1 saturated carbocycles. The molecule has 0 saturated heterocycles. The van der Waals surface area contributed by atoms with Gasteiger partial charge in [-0.25, -0.2) is 0 Å². The maximum absolute atomic E-state index is 6.02. The fraction of sp³-hybridized carbons (Fsp3) is 0.769. The molecule has 2 atom stereocenters. The fourth-order valence-corrected chi connectivity index (χ4v) is 3.03. The Morgan fingerprint density at radius 1 is 1.47 bits per heavy atom. The van der Waals surface area contributed by atoms with Crippen molar-refractivity contribution in [2.24, 2.45) is 13.0 Å². The lowest BCUT2D eigenvalue weighted by molar-refractivity contribution is 0.285. The number of aryl methyl sites for hydroxylation is 1. The number of nitrogens with one attached hydrogen (secondary N) is 1. The maximum atomic E-state index is 6.02. The van der Waals surface area contributed by atoms with Gasteiger partial charge in [0, 0.05) is 25.2 Å². The first kappa shape index (κ1) is 12.9. The highest BCUT2D eigenvalue weighted by Crippen LogP contribution is 2.25. The lowest BCUT2D eigenvalue weighted by atomic mass is 9.86. The van der Waals surface area contributed by atoms with E-state index in [1.54, 1.807) is 0 Å². The van der Waals surface area contributed by atoms with E-state index in [0.717, 1.165) is 18.8 Å². The van der Waals surface area contributed by atoms with E-state index in [0.29, 0.717) is 12.0 Å². The quantitative estimate of drug-likeness (QED) is 0.819. The number of alkyl halides is 1. The van der Waals surface area contributed by atoms with Gasteiger partial charge in [0.05, 0.1) is 6.20 Å². The molecule has 2 unspecified atom stereocenters. The molecule has 1 aliphatic carbocycles. The summed E-state index contributed by atoms with van der Waals surface area (Å²) in [5, 5.41) is 7.84. The molecular weight excluding hydrogens is 234 g/mol. The highest BCUT2D eigenvalue weighted by atomic mass is 35.5. The van der Waals surface area contributed by atoms with Crippen molar-refractivity contribution in [1.29, 1.82) is 0 Å². The molecule has 0 radical (unpaired) electrons. The number of halogens is 1. The van der Waals surface area contributed by atoms with Gasteiger partial charge in [0.2, 0.25) is 0 Å². The molecule has 1 aliphatic rings. The molecule has 3 nitrogen and oxygen atoms in total. The van der Waals surface area contributed by atoms with Crippen molar-refractivity contribution < 1.29 is 0 Å². The van der Waals surface area contributed by atoms with Crippen molar-refractivity contribution in [3.05, 3.63) is 18.0 Å². The fourth-order valence-electron chi connectivity index (χ4n) is 2.66. The Bertz CT molecular complexity index is 337. The number of aromatic nitrogens is 2. The Balaban J connectivity index is 1.73. The molecule has 2 rings (SSSR count). The van der Waals surface area contributed by atoms with Gasteiger partial charge in [-0.15, -0.1) is 11.6 Å². The second-order valence-electron chi connectivity index (χ2n) is 5.03. The van der Waals surface area contributed by atoms with Gasteiger partial charge in [-0.3, -0.25) is 4.68 Å². The van der Waals surface area contributed by atoms with Crippen LogP contribution in [0.3, 0.4) is 0 Å². The van der Waals surface area contributed by atoms with Crippen LogP contribution in [-0.2, 0) is 13.5 Å². The van der Waals surface area contributed by atoms with Gasteiger partial charge in [-0.2, -0.15) is 5.10 Å². The van der Waals surface area contributed by atoms with Crippen LogP contribution in [0.5, 0.6) is 0 Å². The molecule has 0 amide bonds. The van der Waals surface area contributed by atoms with Crippen LogP contribution in [0.4, 0.5) is 0 Å². The molecule has 0 spiro atoms. The van der Waals surface area contributed by atoms with Crippen molar-refractivity contribution in [2.75, 3.05) is 12.4 Å². The highest BCUT2D eigenvalue weighted by Gasteiger charge is 2.23. The summed E-state index contributed by atoms with van der Waals surface area (Å²) in [5.41, 5.74) is 1.30. The van der Waals surface area contributed by atoms with Gasteiger partial charge < -0.3 is 5.32 Å². The summed E-state index contributed by atoms with van der Waals surface area (Å²) in [7, 11) is 1.96. The summed E-state index contributed by atoms with van der Waals surface area (Å²) < 4.78 is 1.86. The number of hydrogen-bond donors (Lipinski definition) is 1. The van der Waals surface area contributed by atoms with E-state index >= 15 is 0 Å². The standard InChI is InChI=1S/C13H22ClN3/c1-17-10-11(9-16-17)6-7-15-13-5-3-2-4-12(13)8-14/h9-10,12-13,15H,2-8H2,1H3. The minimum atomic E-state index is 0.623. The Kier molecular flexibility index (Phi) is 4.86. The second kappa shape index (κ2) is 6.41. The number of hydrogen-bond acceptors (Lipinski definition) is 2. The number of rotatable bonds is 5. The molecule has 1 aromatic heterocycles. The average molecular weight is 256 g/mol. The van der Waals surface area contributed by atoms with E-state index in [9.17, 15) is 0 Å². The van der Waals surface area contributed by atoms with Gasteiger partial charge >= 0.3 is 0 Å². The van der Waals surface area contributed by atoms with E-state index < -0.39 is 0 Å². The van der Waals surface area contributed by atoms with Gasteiger partial charge in [0.1, 0.15) is 0 Å². The van der Waals surface area contributed by atoms with E-state index in [4.69, 9.17) is 11.6 Å². The van der Waals surface area contributed by atoms with Crippen molar-refractivity contribution in [3.8, 4) is 0 Å². The Labute approximate surface area is 109 Å². The topological polar surface area (TPSA) is 29.9 Å². The molecule has 0 bridgehead atoms. The van der Waals surface area contributed by atoms with Crippen molar-refractivity contribution in [2.45, 2.75) is 38.1 Å². The van der Waals surface area contributed by atoms with Crippen LogP contribution in [0.1, 0.15) is 31.2 Å². The smallest absolute Gasteiger partial charge is 0.0522 e. The van der Waals surface area contributed by atoms with Crippen LogP contribution in [0.2, 0.25) is 0 Å². The van der Waals surface area contributed by atoms with Crippen LogP contribution in [0.25, 0.3) is 0 Å². The summed E-state index contributed by atoms with van der Waals surface area (Å²) in [6, 6.07) is 0.623. The molecule has 0 aliphatic heterocycles. The monoisotopic (exact) mass is 255 g/mol. The first-order valence-corrected chi connectivity index (χ1v) is 7.10. The van der Waals surface area contributed by atoms with Crippen molar-refractivity contribution in [3.63, 3.8) is 0 Å². The Morgan fingerprint density at radius 3 is 3.00 bits per heavy atom. The van der Waals surface area contributed by atoms with Crippen molar-refractivity contribution >= 4 is 11.6 Å². The molecule has 1 heterocycles. The Morgan fingerprint density at radius 2 is 2.29 bits per heavy atom. The summed E-state index contributed by atoms with van der Waals surface area (Å²) in [6.07, 6.45) is 10.3. The highest BCUT2D eigenvalue weighted by molar-refractivity contribution is 6.18. The van der Waals surface area contributed by atoms with Crippen molar-refractivity contribution in [1.82, 2.24) is 15.1 Å². The van der Waals surface area contributed by atoms with E-state index in [2.05, 4.69) is 16.6 Å². The minimum Gasteiger partial charge on any atom is -0.313 e. The molecule has 96 valence electrons. The lowest BCUT2D eigenvalue weighted by Crippen LogP contribution is -2.40. The summed E-state index contributed by atoms with van der Waals surface area (Å²) in [6.45, 7) is 1.03. The molecule has 1 fully saturated rings. The third-order valence-corrected chi connectivity index (χ3v) is 4.08. The molecule has 1 aromatic rings. The summed E-state index contributed by atoms with van der Waals surface area (Å²) >= 11 is 6.02. The predicted molar refractivity (Wildman–Crippen MR) is 71.4 cm³/mol. The summed E-state index contributed by atoms with van der Waals surface area (Å²) in [5.74, 6) is 1.46. The third-order valence-electron chi connectivity index (χ3n) is 3.69. The van der Waals surface area contributed by atoms with Crippen LogP contribution in [-0.4, -0.2) is 28.2 Å². The zero-order chi connectivity index (χ0) is 12.1. The van der Waals surface area contributed by atoms with Crippen LogP contribution >= 0.6 is 11.6 Å². The van der Waals surface area contributed by atoms with Crippen LogP contribution < -0.4 is 5.32 Å². The van der Waals surface area contributed by atoms with Gasteiger partial charge in [-0.05, 0) is 37.3 Å². The Hall–Kier alpha value is -0.540. The van der Waals surface area contributed by atoms with Gasteiger partial charge in [0.15, 0.2) is 0 Å². The number of nitrogens with zero attached hydrogens (tertiary/aromatic N) is 2. The average Bonchev–Trinajstić information content (AvgIpc) is 2.76. The van der Waals surface area contributed by atoms with Crippen LogP contribution in [0, 0.1) is 5.92 Å². The normalized spacial score (nSPS) is 25.1. The maximum Gasteiger partial charge on any atom is 0.0522 e. The van der Waals surface area contributed by atoms with Gasteiger partial charge in [-0.1, -0.05) is 12.8 Å². The van der Waals surface area contributed by atoms with Gasteiger partial charge in [0.25, 0.3) is 0 Å². The molecule has 17 heavy (non-hydrogen) atoms. The molecule has 1 N–H and O–H groups in total. The predicted octanol–water partition coefficient (Wildman–Crippen LogP) is 2.35. The lowest BCUT2D eigenvalue weighted by Gasteiger charge is -2.31. The second-order valence-corrected chi connectivity index (χ2v) is 5.34. The first-order chi connectivity index (χ1) is 8.29. The molecule has 4 heteroatoms. The third kappa shape index (κ3) is 3.71. The van der Waals surface area contributed by atoms with E-state index in [1.807, 2.05) is 17.9 Å². The zero-order valence-electron chi connectivity index (χ0n) is 10.5. The first-order valence-electron chi connectivity index (χ1n) is 6.56. The van der Waals surface area contributed by atoms with Crippen LogP contribution in [0.15, 0.2) is 12.4 Å². The summed E-state index contributed by atoms with van der Waals surface area (Å²) in [4.78, 5) is 0. The molecule has 0 aromatic carbocycles.